The van der Waals surface area contributed by atoms with Gasteiger partial charge in [0, 0.05) is 25.8 Å². The fourth-order valence-electron chi connectivity index (χ4n) is 8.66. The number of esters is 3. The molecule has 0 saturated heterocycles. The quantitative estimate of drug-likeness (QED) is 0.199. The molecule has 4 aliphatic carbocycles. The van der Waals surface area contributed by atoms with Crippen molar-refractivity contribution in [1.82, 2.24) is 0 Å². The first-order valence-corrected chi connectivity index (χ1v) is 13.9. The highest BCUT2D eigenvalue weighted by Crippen LogP contribution is 2.67. The van der Waals surface area contributed by atoms with E-state index in [4.69, 9.17) is 14.2 Å². The Morgan fingerprint density at radius 1 is 1.06 bits per heavy atom. The van der Waals surface area contributed by atoms with E-state index in [0.29, 0.717) is 30.3 Å². The lowest BCUT2D eigenvalue weighted by Gasteiger charge is -2.62. The summed E-state index contributed by atoms with van der Waals surface area (Å²) in [5, 5.41) is 0. The van der Waals surface area contributed by atoms with Crippen LogP contribution in [0.1, 0.15) is 86.5 Å². The van der Waals surface area contributed by atoms with Crippen LogP contribution < -0.4 is 0 Å². The van der Waals surface area contributed by atoms with E-state index in [1.807, 2.05) is 13.0 Å². The Bertz CT molecular complexity index is 936. The predicted octanol–water partition coefficient (Wildman–Crippen LogP) is 5.79. The van der Waals surface area contributed by atoms with E-state index in [-0.39, 0.29) is 46.9 Å². The summed E-state index contributed by atoms with van der Waals surface area (Å²) in [5.74, 6) is 1.03. The summed E-state index contributed by atoms with van der Waals surface area (Å²) in [7, 11) is 0. The first-order chi connectivity index (χ1) is 17.0. The molecule has 4 rings (SSSR count). The average molecular weight is 501 g/mol. The van der Waals surface area contributed by atoms with Crippen LogP contribution in [0.2, 0.25) is 0 Å². The Kier molecular flexibility index (Phi) is 7.73. The van der Waals surface area contributed by atoms with Crippen LogP contribution in [0.4, 0.5) is 0 Å². The number of hydrogen-bond acceptors (Lipinski definition) is 6. The summed E-state index contributed by atoms with van der Waals surface area (Å²) < 4.78 is 16.8. The standard InChI is InChI=1S/C30H44O6/c1-7-34-27(33)11-8-18(2)23-9-10-24-28-25(13-15-30(23,24)6)29(5)14-12-22(35-19(3)31)16-21(29)17-26(28)36-20(4)32/h8-9,11,18,21-22,24-26,28H,7,10,12-17H2,1-6H3/b11-8+/t18-,21+,22-,24+,25+,26-,28+,29+,30-/m1/s1. The lowest BCUT2D eigenvalue weighted by atomic mass is 9.43. The molecule has 0 aromatic heterocycles. The molecule has 9 atom stereocenters. The molecule has 0 N–H and O–H groups in total. The highest BCUT2D eigenvalue weighted by molar-refractivity contribution is 5.82. The average Bonchev–Trinajstić information content (AvgIpc) is 3.15. The van der Waals surface area contributed by atoms with Crippen LogP contribution in [0.3, 0.4) is 0 Å². The van der Waals surface area contributed by atoms with Crippen molar-refractivity contribution >= 4 is 17.9 Å². The van der Waals surface area contributed by atoms with Crippen LogP contribution in [-0.4, -0.2) is 36.7 Å². The molecule has 0 aromatic rings. The van der Waals surface area contributed by atoms with Gasteiger partial charge in [0.2, 0.25) is 0 Å². The van der Waals surface area contributed by atoms with E-state index in [1.165, 1.54) is 19.4 Å². The number of ether oxygens (including phenoxy) is 3. The number of rotatable bonds is 6. The molecule has 3 saturated carbocycles. The number of allylic oxidation sites excluding steroid dienone is 3. The van der Waals surface area contributed by atoms with Gasteiger partial charge in [0.15, 0.2) is 0 Å². The maximum Gasteiger partial charge on any atom is 0.330 e. The van der Waals surface area contributed by atoms with Crippen molar-refractivity contribution in [3.8, 4) is 0 Å². The van der Waals surface area contributed by atoms with Gasteiger partial charge in [-0.05, 0) is 86.4 Å². The van der Waals surface area contributed by atoms with E-state index < -0.39 is 0 Å². The van der Waals surface area contributed by atoms with Crippen LogP contribution in [0.25, 0.3) is 0 Å². The molecule has 200 valence electrons. The van der Waals surface area contributed by atoms with Gasteiger partial charge < -0.3 is 14.2 Å². The molecule has 0 aliphatic heterocycles. The van der Waals surface area contributed by atoms with Gasteiger partial charge >= 0.3 is 17.9 Å². The van der Waals surface area contributed by atoms with Crippen molar-refractivity contribution < 1.29 is 28.6 Å². The van der Waals surface area contributed by atoms with Crippen molar-refractivity contribution in [1.29, 1.82) is 0 Å². The van der Waals surface area contributed by atoms with Crippen LogP contribution in [0, 0.1) is 40.4 Å². The van der Waals surface area contributed by atoms with Crippen LogP contribution in [0.15, 0.2) is 23.8 Å². The molecular weight excluding hydrogens is 456 g/mol. The molecule has 0 radical (unpaired) electrons. The summed E-state index contributed by atoms with van der Waals surface area (Å²) in [6, 6.07) is 0. The SMILES string of the molecule is CCOC(=O)/C=C/[C@@H](C)C1=CC[C@H]2[C@@H]3[C@H](OC(C)=O)C[C@@H]4C[C@H](OC(C)=O)CC[C@]4(C)[C@H]3CC[C@]12C. The molecule has 0 aromatic carbocycles. The number of fused-ring (bicyclic) bond motifs is 5. The highest BCUT2D eigenvalue weighted by Gasteiger charge is 2.62. The molecule has 0 bridgehead atoms. The van der Waals surface area contributed by atoms with Crippen LogP contribution in [-0.2, 0) is 28.6 Å². The van der Waals surface area contributed by atoms with Crippen molar-refractivity contribution in [2.45, 2.75) is 98.7 Å². The van der Waals surface area contributed by atoms with Crippen molar-refractivity contribution in [2.75, 3.05) is 6.61 Å². The van der Waals surface area contributed by atoms with E-state index >= 15 is 0 Å². The minimum atomic E-state index is -0.293. The zero-order valence-electron chi connectivity index (χ0n) is 22.9. The summed E-state index contributed by atoms with van der Waals surface area (Å²) in [6.07, 6.45) is 12.6. The zero-order valence-corrected chi connectivity index (χ0v) is 22.9. The van der Waals surface area contributed by atoms with E-state index in [2.05, 4.69) is 26.8 Å². The second kappa shape index (κ2) is 10.3. The molecule has 36 heavy (non-hydrogen) atoms. The van der Waals surface area contributed by atoms with Gasteiger partial charge in [0.1, 0.15) is 12.2 Å². The maximum absolute atomic E-state index is 12.2. The van der Waals surface area contributed by atoms with E-state index in [0.717, 1.165) is 44.9 Å². The van der Waals surface area contributed by atoms with Crippen molar-refractivity contribution in [2.24, 2.45) is 40.4 Å². The lowest BCUT2D eigenvalue weighted by Crippen LogP contribution is -2.59. The molecule has 3 fully saturated rings. The van der Waals surface area contributed by atoms with Gasteiger partial charge in [-0.3, -0.25) is 9.59 Å². The third kappa shape index (κ3) is 4.89. The molecule has 0 heterocycles. The van der Waals surface area contributed by atoms with E-state index in [1.54, 1.807) is 6.08 Å². The van der Waals surface area contributed by atoms with Crippen LogP contribution >= 0.6 is 0 Å². The molecule has 0 spiro atoms. The Hall–Kier alpha value is -2.11. The molecule has 6 heteroatoms. The minimum absolute atomic E-state index is 0.0239. The first-order valence-electron chi connectivity index (χ1n) is 13.9. The topological polar surface area (TPSA) is 78.9 Å². The highest BCUT2D eigenvalue weighted by atomic mass is 16.5. The van der Waals surface area contributed by atoms with Gasteiger partial charge in [-0.1, -0.05) is 38.5 Å². The first kappa shape index (κ1) is 26.9. The molecule has 6 nitrogen and oxygen atoms in total. The molecular formula is C30H44O6. The third-order valence-corrected chi connectivity index (χ3v) is 10.2. The third-order valence-electron chi connectivity index (χ3n) is 10.2. The minimum Gasteiger partial charge on any atom is -0.463 e. The maximum atomic E-state index is 12.2. The monoisotopic (exact) mass is 500 g/mol. The van der Waals surface area contributed by atoms with Gasteiger partial charge in [0.25, 0.3) is 0 Å². The zero-order chi connectivity index (χ0) is 26.3. The second-order valence-corrected chi connectivity index (χ2v) is 12.1. The van der Waals surface area contributed by atoms with E-state index in [9.17, 15) is 14.4 Å². The summed E-state index contributed by atoms with van der Waals surface area (Å²) in [6.45, 7) is 12.2. The van der Waals surface area contributed by atoms with Crippen molar-refractivity contribution in [3.63, 3.8) is 0 Å². The molecule has 0 unspecified atom stereocenters. The fraction of sp³-hybridized carbons (Fsp3) is 0.767. The van der Waals surface area contributed by atoms with Gasteiger partial charge in [-0.15, -0.1) is 0 Å². The second-order valence-electron chi connectivity index (χ2n) is 12.1. The van der Waals surface area contributed by atoms with Crippen molar-refractivity contribution in [3.05, 3.63) is 23.8 Å². The Balaban J connectivity index is 1.59. The smallest absolute Gasteiger partial charge is 0.330 e. The van der Waals surface area contributed by atoms with Gasteiger partial charge in [0.05, 0.1) is 6.61 Å². The van der Waals surface area contributed by atoms with Gasteiger partial charge in [-0.2, -0.15) is 0 Å². The Labute approximate surface area is 216 Å². The van der Waals surface area contributed by atoms with Gasteiger partial charge in [-0.25, -0.2) is 4.79 Å². The fourth-order valence-corrected chi connectivity index (χ4v) is 8.66. The lowest BCUT2D eigenvalue weighted by molar-refractivity contribution is -0.192. The Morgan fingerprint density at radius 3 is 2.44 bits per heavy atom. The summed E-state index contributed by atoms with van der Waals surface area (Å²) in [4.78, 5) is 35.8. The number of carbonyl (C=O) groups excluding carboxylic acids is 3. The number of carbonyl (C=O) groups is 3. The van der Waals surface area contributed by atoms with Crippen LogP contribution in [0.5, 0.6) is 0 Å². The predicted molar refractivity (Wildman–Crippen MR) is 137 cm³/mol. The number of hydrogen-bond donors (Lipinski definition) is 0. The largest absolute Gasteiger partial charge is 0.463 e. The molecule has 0 amide bonds. The normalized spacial score (nSPS) is 40.3. The Morgan fingerprint density at radius 2 is 1.78 bits per heavy atom. The summed E-state index contributed by atoms with van der Waals surface area (Å²) in [5.41, 5.74) is 1.59. The summed E-state index contributed by atoms with van der Waals surface area (Å²) >= 11 is 0. The molecule has 4 aliphatic rings.